The van der Waals surface area contributed by atoms with Crippen LogP contribution in [0.15, 0.2) is 33.7 Å². The zero-order chi connectivity index (χ0) is 19.6. The van der Waals surface area contributed by atoms with Crippen LogP contribution in [0.1, 0.15) is 29.8 Å². The predicted octanol–water partition coefficient (Wildman–Crippen LogP) is 2.49. The van der Waals surface area contributed by atoms with Crippen molar-refractivity contribution in [3.63, 3.8) is 0 Å². The third-order valence-corrected chi connectivity index (χ3v) is 4.00. The highest BCUT2D eigenvalue weighted by Crippen LogP contribution is 2.18. The minimum atomic E-state index is 0.488. The van der Waals surface area contributed by atoms with E-state index in [9.17, 15) is 0 Å². The van der Waals surface area contributed by atoms with E-state index in [1.807, 2.05) is 59.1 Å². The van der Waals surface area contributed by atoms with Crippen LogP contribution in [0.3, 0.4) is 0 Å². The molecule has 2 aromatic rings. The Balaban J connectivity index is 1.99. The first kappa shape index (κ1) is 20.8. The summed E-state index contributed by atoms with van der Waals surface area (Å²) in [5, 5.41) is 6.50. The molecule has 0 aliphatic rings. The summed E-state index contributed by atoms with van der Waals surface area (Å²) >= 11 is 0. The molecular formula is C20H31N5O2. The van der Waals surface area contributed by atoms with Gasteiger partial charge < -0.3 is 24.7 Å². The minimum absolute atomic E-state index is 0.488. The molecule has 0 unspecified atom stereocenters. The number of nitrogens with one attached hydrogen (secondary N) is 2. The second kappa shape index (κ2) is 10.6. The van der Waals surface area contributed by atoms with Crippen molar-refractivity contribution in [3.05, 3.63) is 47.2 Å². The lowest BCUT2D eigenvalue weighted by molar-refractivity contribution is 0.259. The number of aromatic nitrogens is 1. The summed E-state index contributed by atoms with van der Waals surface area (Å²) in [7, 11) is 4.07. The fraction of sp³-hybridized carbons (Fsp3) is 0.500. The molecule has 0 amide bonds. The Morgan fingerprint density at radius 3 is 2.67 bits per heavy atom. The van der Waals surface area contributed by atoms with Crippen molar-refractivity contribution in [1.82, 2.24) is 20.5 Å². The molecule has 1 aromatic heterocycles. The lowest BCUT2D eigenvalue weighted by atomic mass is 10.2. The van der Waals surface area contributed by atoms with Crippen LogP contribution in [0.25, 0.3) is 0 Å². The number of benzene rings is 1. The van der Waals surface area contributed by atoms with Crippen molar-refractivity contribution in [2.45, 2.75) is 33.9 Å². The van der Waals surface area contributed by atoms with E-state index in [-0.39, 0.29) is 0 Å². The average Bonchev–Trinajstić information content (AvgIpc) is 2.96. The van der Waals surface area contributed by atoms with Gasteiger partial charge in [-0.2, -0.15) is 0 Å². The molecule has 0 spiro atoms. The molecule has 0 aliphatic carbocycles. The highest BCUT2D eigenvalue weighted by molar-refractivity contribution is 5.79. The van der Waals surface area contributed by atoms with Gasteiger partial charge in [0.1, 0.15) is 18.1 Å². The molecule has 0 radical (unpaired) electrons. The van der Waals surface area contributed by atoms with Crippen LogP contribution in [0.4, 0.5) is 0 Å². The topological polar surface area (TPSA) is 74.9 Å². The number of likely N-dealkylation sites (N-methyl/N-ethyl adjacent to an activating group) is 1. The number of hydrogen-bond donors (Lipinski definition) is 2. The van der Waals surface area contributed by atoms with Gasteiger partial charge in [0.25, 0.3) is 0 Å². The van der Waals surface area contributed by atoms with Crippen molar-refractivity contribution >= 4 is 5.96 Å². The molecule has 0 saturated carbocycles. The summed E-state index contributed by atoms with van der Waals surface area (Å²) in [5.41, 5.74) is 1.97. The van der Waals surface area contributed by atoms with Gasteiger partial charge in [0.15, 0.2) is 5.96 Å². The van der Waals surface area contributed by atoms with Crippen LogP contribution in [0, 0.1) is 13.8 Å². The van der Waals surface area contributed by atoms with Crippen molar-refractivity contribution in [3.8, 4) is 5.75 Å². The molecule has 1 heterocycles. The molecule has 1 aromatic carbocycles. The Morgan fingerprint density at radius 1 is 1.22 bits per heavy atom. The van der Waals surface area contributed by atoms with Crippen molar-refractivity contribution < 1.29 is 9.15 Å². The van der Waals surface area contributed by atoms with Gasteiger partial charge in [0.2, 0.25) is 5.89 Å². The summed E-state index contributed by atoms with van der Waals surface area (Å²) in [6.45, 7) is 9.20. The van der Waals surface area contributed by atoms with Crippen LogP contribution in [0.2, 0.25) is 0 Å². The molecule has 148 valence electrons. The van der Waals surface area contributed by atoms with Crippen molar-refractivity contribution in [2.75, 3.05) is 33.8 Å². The Morgan fingerprint density at radius 2 is 2.00 bits per heavy atom. The van der Waals surface area contributed by atoms with Gasteiger partial charge in [0.05, 0.1) is 18.8 Å². The molecule has 0 fully saturated rings. The maximum Gasteiger partial charge on any atom is 0.214 e. The molecule has 7 heteroatoms. The molecule has 0 aliphatic heterocycles. The standard InChI is InChI=1S/C20H31N5O2/c1-6-21-20(23-14-19-24-15(2)16(3)27-19)22-13-17-9-7-8-10-18(17)26-12-11-25(4)5/h7-10H,6,11-14H2,1-5H3,(H2,21,22,23). The van der Waals surface area contributed by atoms with Crippen LogP contribution < -0.4 is 15.4 Å². The first-order chi connectivity index (χ1) is 13.0. The van der Waals surface area contributed by atoms with Crippen LogP contribution in [-0.4, -0.2) is 49.6 Å². The first-order valence-corrected chi connectivity index (χ1v) is 9.30. The molecule has 27 heavy (non-hydrogen) atoms. The largest absolute Gasteiger partial charge is 0.492 e. The normalized spacial score (nSPS) is 11.7. The third kappa shape index (κ3) is 6.94. The van der Waals surface area contributed by atoms with Gasteiger partial charge in [-0.3, -0.25) is 0 Å². The van der Waals surface area contributed by atoms with Crippen molar-refractivity contribution in [2.24, 2.45) is 4.99 Å². The Labute approximate surface area is 161 Å². The van der Waals surface area contributed by atoms with E-state index in [1.54, 1.807) is 0 Å². The van der Waals surface area contributed by atoms with Crippen molar-refractivity contribution in [1.29, 1.82) is 0 Å². The van der Waals surface area contributed by atoms with Crippen LogP contribution in [0.5, 0.6) is 5.75 Å². The minimum Gasteiger partial charge on any atom is -0.492 e. The zero-order valence-corrected chi connectivity index (χ0v) is 17.0. The van der Waals surface area contributed by atoms with E-state index in [4.69, 9.17) is 9.15 Å². The number of para-hydroxylation sites is 1. The van der Waals surface area contributed by atoms with Gasteiger partial charge >= 0.3 is 0 Å². The Kier molecular flexibility index (Phi) is 8.13. The molecule has 2 rings (SSSR count). The summed E-state index contributed by atoms with van der Waals surface area (Å²) in [6.07, 6.45) is 0. The van der Waals surface area contributed by atoms with Gasteiger partial charge in [-0.05, 0) is 40.9 Å². The highest BCUT2D eigenvalue weighted by atomic mass is 16.5. The fourth-order valence-electron chi connectivity index (χ4n) is 2.39. The van der Waals surface area contributed by atoms with E-state index in [1.165, 1.54) is 0 Å². The maximum absolute atomic E-state index is 5.91. The molecule has 0 bridgehead atoms. The number of aryl methyl sites for hydroxylation is 2. The smallest absolute Gasteiger partial charge is 0.214 e. The second-order valence-corrected chi connectivity index (χ2v) is 6.56. The van der Waals surface area contributed by atoms with Crippen LogP contribution in [-0.2, 0) is 13.1 Å². The molecule has 0 atom stereocenters. The van der Waals surface area contributed by atoms with Gasteiger partial charge in [-0.15, -0.1) is 0 Å². The lowest BCUT2D eigenvalue weighted by Gasteiger charge is -2.14. The van der Waals surface area contributed by atoms with Gasteiger partial charge in [-0.25, -0.2) is 9.98 Å². The monoisotopic (exact) mass is 373 g/mol. The summed E-state index contributed by atoms with van der Waals surface area (Å²) in [5.74, 6) is 3.09. The quantitative estimate of drug-likeness (QED) is 0.520. The summed E-state index contributed by atoms with van der Waals surface area (Å²) < 4.78 is 11.5. The number of aliphatic imine (C=N–C) groups is 1. The highest BCUT2D eigenvalue weighted by Gasteiger charge is 2.07. The molecule has 2 N–H and O–H groups in total. The molecular weight excluding hydrogens is 342 g/mol. The first-order valence-electron chi connectivity index (χ1n) is 9.30. The summed E-state index contributed by atoms with van der Waals surface area (Å²) in [4.78, 5) is 11.2. The fourth-order valence-corrected chi connectivity index (χ4v) is 2.39. The zero-order valence-electron chi connectivity index (χ0n) is 17.0. The van der Waals surface area contributed by atoms with Gasteiger partial charge in [0, 0.05) is 18.7 Å². The SMILES string of the molecule is CCNC(=NCc1ccccc1OCCN(C)C)NCc1nc(C)c(C)o1. The van der Waals surface area contributed by atoms with E-state index in [2.05, 4.69) is 25.5 Å². The molecule has 0 saturated heterocycles. The number of oxazole rings is 1. The molecule has 7 nitrogen and oxygen atoms in total. The second-order valence-electron chi connectivity index (χ2n) is 6.56. The van der Waals surface area contributed by atoms with E-state index in [0.717, 1.165) is 35.9 Å². The number of rotatable bonds is 9. The number of guanidine groups is 1. The Bertz CT molecular complexity index is 720. The van der Waals surface area contributed by atoms with E-state index >= 15 is 0 Å². The lowest BCUT2D eigenvalue weighted by Crippen LogP contribution is -2.36. The number of hydrogen-bond acceptors (Lipinski definition) is 5. The average molecular weight is 374 g/mol. The Hall–Kier alpha value is -2.54. The predicted molar refractivity (Wildman–Crippen MR) is 108 cm³/mol. The van der Waals surface area contributed by atoms with E-state index < -0.39 is 0 Å². The number of ether oxygens (including phenoxy) is 1. The number of nitrogens with zero attached hydrogens (tertiary/aromatic N) is 3. The third-order valence-electron chi connectivity index (χ3n) is 4.00. The van der Waals surface area contributed by atoms with Gasteiger partial charge in [-0.1, -0.05) is 18.2 Å². The summed E-state index contributed by atoms with van der Waals surface area (Å²) in [6, 6.07) is 8.01. The van der Waals surface area contributed by atoms with Crippen LogP contribution >= 0.6 is 0 Å². The van der Waals surface area contributed by atoms with E-state index in [0.29, 0.717) is 31.5 Å². The maximum atomic E-state index is 5.91.